The van der Waals surface area contributed by atoms with Gasteiger partial charge in [-0.1, -0.05) is 6.92 Å². The average molecular weight is 297 g/mol. The van der Waals surface area contributed by atoms with Gasteiger partial charge in [0.05, 0.1) is 12.2 Å². The summed E-state index contributed by atoms with van der Waals surface area (Å²) in [7, 11) is 0. The van der Waals surface area contributed by atoms with Crippen LogP contribution in [0.25, 0.3) is 0 Å². The van der Waals surface area contributed by atoms with E-state index < -0.39 is 0 Å². The van der Waals surface area contributed by atoms with Crippen molar-refractivity contribution < 1.29 is 0 Å². The van der Waals surface area contributed by atoms with Gasteiger partial charge in [-0.25, -0.2) is 9.97 Å². The molecule has 5 nitrogen and oxygen atoms in total. The van der Waals surface area contributed by atoms with Crippen molar-refractivity contribution in [2.45, 2.75) is 64.1 Å². The highest BCUT2D eigenvalue weighted by Gasteiger charge is 2.42. The maximum atomic E-state index is 4.61. The molecule has 0 saturated carbocycles. The molecule has 116 valence electrons. The standard InChI is InChI=1S/C17H23N5/c1-3-13-9-18-17(19-10-13)22-14-4-5-15(22)7-16(6-14)21-11-12(2)8-20-21/h8-11,14-16H,3-7H2,1-2H3. The van der Waals surface area contributed by atoms with E-state index in [4.69, 9.17) is 0 Å². The summed E-state index contributed by atoms with van der Waals surface area (Å²) < 4.78 is 2.17. The molecule has 2 aromatic heterocycles. The highest BCUT2D eigenvalue weighted by atomic mass is 15.3. The summed E-state index contributed by atoms with van der Waals surface area (Å²) in [5.41, 5.74) is 2.45. The smallest absolute Gasteiger partial charge is 0.225 e. The van der Waals surface area contributed by atoms with E-state index in [0.717, 1.165) is 25.2 Å². The molecule has 0 aliphatic carbocycles. The molecule has 2 fully saturated rings. The van der Waals surface area contributed by atoms with Crippen LogP contribution in [0, 0.1) is 6.92 Å². The quantitative estimate of drug-likeness (QED) is 0.874. The Hall–Kier alpha value is -1.91. The molecule has 22 heavy (non-hydrogen) atoms. The van der Waals surface area contributed by atoms with E-state index in [0.29, 0.717) is 18.1 Å². The average Bonchev–Trinajstić information content (AvgIpc) is 3.09. The minimum Gasteiger partial charge on any atom is -0.335 e. The molecule has 2 saturated heterocycles. The van der Waals surface area contributed by atoms with Crippen LogP contribution in [-0.2, 0) is 6.42 Å². The third-order valence-electron chi connectivity index (χ3n) is 5.14. The molecular formula is C17H23N5. The minimum absolute atomic E-state index is 0.525. The van der Waals surface area contributed by atoms with E-state index in [-0.39, 0.29) is 0 Å². The fourth-order valence-corrected chi connectivity index (χ4v) is 3.99. The van der Waals surface area contributed by atoms with Crippen LogP contribution in [0.1, 0.15) is 49.8 Å². The second-order valence-electron chi connectivity index (χ2n) is 6.66. The molecule has 2 atom stereocenters. The predicted octanol–water partition coefficient (Wildman–Crippen LogP) is 2.92. The van der Waals surface area contributed by atoms with Crippen LogP contribution in [0.5, 0.6) is 0 Å². The van der Waals surface area contributed by atoms with E-state index in [9.17, 15) is 0 Å². The summed E-state index contributed by atoms with van der Waals surface area (Å²) in [5, 5.41) is 4.52. The number of aromatic nitrogens is 4. The molecule has 2 unspecified atom stereocenters. The van der Waals surface area contributed by atoms with Gasteiger partial charge >= 0.3 is 0 Å². The molecule has 2 aromatic rings. The first-order valence-electron chi connectivity index (χ1n) is 8.34. The molecule has 5 heteroatoms. The summed E-state index contributed by atoms with van der Waals surface area (Å²) in [5.74, 6) is 0.916. The van der Waals surface area contributed by atoms with E-state index in [1.165, 1.54) is 24.0 Å². The Labute approximate surface area is 131 Å². The minimum atomic E-state index is 0.525. The van der Waals surface area contributed by atoms with Gasteiger partial charge in [0.2, 0.25) is 5.95 Å². The lowest BCUT2D eigenvalue weighted by Crippen LogP contribution is -2.44. The molecule has 2 aliphatic heterocycles. The van der Waals surface area contributed by atoms with Crippen molar-refractivity contribution in [3.05, 3.63) is 35.9 Å². The molecule has 4 rings (SSSR count). The number of piperidine rings is 1. The van der Waals surface area contributed by atoms with Crippen molar-refractivity contribution in [2.24, 2.45) is 0 Å². The van der Waals surface area contributed by atoms with Gasteiger partial charge in [0.15, 0.2) is 0 Å². The molecule has 0 amide bonds. The maximum absolute atomic E-state index is 4.61. The van der Waals surface area contributed by atoms with E-state index >= 15 is 0 Å². The Morgan fingerprint density at radius 2 is 1.73 bits per heavy atom. The van der Waals surface area contributed by atoms with Crippen LogP contribution < -0.4 is 4.90 Å². The van der Waals surface area contributed by atoms with E-state index in [1.807, 2.05) is 18.6 Å². The van der Waals surface area contributed by atoms with Gasteiger partial charge in [-0.3, -0.25) is 4.68 Å². The monoisotopic (exact) mass is 297 g/mol. The number of nitrogens with zero attached hydrogens (tertiary/aromatic N) is 5. The molecule has 0 aromatic carbocycles. The van der Waals surface area contributed by atoms with Crippen molar-refractivity contribution in [2.75, 3.05) is 4.90 Å². The first-order chi connectivity index (χ1) is 10.7. The number of aryl methyl sites for hydroxylation is 2. The Morgan fingerprint density at radius 3 is 2.27 bits per heavy atom. The van der Waals surface area contributed by atoms with Gasteiger partial charge in [-0.05, 0) is 50.2 Å². The first kappa shape index (κ1) is 13.7. The van der Waals surface area contributed by atoms with Crippen LogP contribution in [0.4, 0.5) is 5.95 Å². The zero-order valence-corrected chi connectivity index (χ0v) is 13.3. The van der Waals surface area contributed by atoms with Crippen molar-refractivity contribution in [1.82, 2.24) is 19.7 Å². The van der Waals surface area contributed by atoms with Gasteiger partial charge in [0.25, 0.3) is 0 Å². The largest absolute Gasteiger partial charge is 0.335 e. The number of hydrogen-bond acceptors (Lipinski definition) is 4. The van der Waals surface area contributed by atoms with Crippen LogP contribution >= 0.6 is 0 Å². The zero-order chi connectivity index (χ0) is 15.1. The maximum Gasteiger partial charge on any atom is 0.225 e. The van der Waals surface area contributed by atoms with Crippen molar-refractivity contribution >= 4 is 5.95 Å². The summed E-state index contributed by atoms with van der Waals surface area (Å²) in [6.45, 7) is 4.25. The van der Waals surface area contributed by atoms with Crippen molar-refractivity contribution in [3.63, 3.8) is 0 Å². The van der Waals surface area contributed by atoms with Gasteiger partial charge in [0, 0.05) is 30.7 Å². The molecule has 0 N–H and O–H groups in total. The number of rotatable bonds is 3. The van der Waals surface area contributed by atoms with Gasteiger partial charge in [-0.2, -0.15) is 5.10 Å². The van der Waals surface area contributed by atoms with E-state index in [1.54, 1.807) is 0 Å². The predicted molar refractivity (Wildman–Crippen MR) is 85.9 cm³/mol. The summed E-state index contributed by atoms with van der Waals surface area (Å²) >= 11 is 0. The van der Waals surface area contributed by atoms with Crippen molar-refractivity contribution in [3.8, 4) is 0 Å². The Balaban J connectivity index is 1.55. The van der Waals surface area contributed by atoms with Crippen molar-refractivity contribution in [1.29, 1.82) is 0 Å². The summed E-state index contributed by atoms with van der Waals surface area (Å²) in [4.78, 5) is 11.7. The Bertz CT molecular complexity index is 633. The molecule has 0 spiro atoms. The second kappa shape index (κ2) is 5.38. The van der Waals surface area contributed by atoms with Crippen LogP contribution in [0.2, 0.25) is 0 Å². The fraction of sp³-hybridized carbons (Fsp3) is 0.588. The lowest BCUT2D eigenvalue weighted by Gasteiger charge is -2.39. The van der Waals surface area contributed by atoms with E-state index in [2.05, 4.69) is 44.7 Å². The SMILES string of the molecule is CCc1cnc(N2C3CCC2CC(n2cc(C)cn2)C3)nc1. The highest BCUT2D eigenvalue weighted by molar-refractivity contribution is 5.37. The molecule has 2 bridgehead atoms. The highest BCUT2D eigenvalue weighted by Crippen LogP contribution is 2.42. The normalized spacial score (nSPS) is 27.4. The third-order valence-corrected chi connectivity index (χ3v) is 5.14. The fourth-order valence-electron chi connectivity index (χ4n) is 3.99. The lowest BCUT2D eigenvalue weighted by atomic mass is 9.98. The van der Waals surface area contributed by atoms with Gasteiger partial charge < -0.3 is 4.90 Å². The third kappa shape index (κ3) is 2.28. The zero-order valence-electron chi connectivity index (χ0n) is 13.3. The molecule has 0 radical (unpaired) electrons. The van der Waals surface area contributed by atoms with Crippen LogP contribution in [0.3, 0.4) is 0 Å². The Morgan fingerprint density at radius 1 is 1.05 bits per heavy atom. The lowest BCUT2D eigenvalue weighted by molar-refractivity contribution is 0.312. The Kier molecular flexibility index (Phi) is 3.36. The first-order valence-corrected chi connectivity index (χ1v) is 8.34. The summed E-state index contributed by atoms with van der Waals surface area (Å²) in [6, 6.07) is 1.64. The molecule has 2 aliphatic rings. The van der Waals surface area contributed by atoms with Crippen LogP contribution in [0.15, 0.2) is 24.8 Å². The van der Waals surface area contributed by atoms with Crippen LogP contribution in [-0.4, -0.2) is 31.8 Å². The van der Waals surface area contributed by atoms with Gasteiger partial charge in [-0.15, -0.1) is 0 Å². The number of anilines is 1. The molecular weight excluding hydrogens is 274 g/mol. The number of hydrogen-bond donors (Lipinski definition) is 0. The topological polar surface area (TPSA) is 46.8 Å². The number of fused-ring (bicyclic) bond motifs is 2. The molecule has 4 heterocycles. The van der Waals surface area contributed by atoms with Gasteiger partial charge in [0.1, 0.15) is 0 Å². The second-order valence-corrected chi connectivity index (χ2v) is 6.66. The summed E-state index contributed by atoms with van der Waals surface area (Å²) in [6.07, 6.45) is 13.9.